The zero-order valence-electron chi connectivity index (χ0n) is 10.8. The highest BCUT2D eigenvalue weighted by Crippen LogP contribution is 2.29. The van der Waals surface area contributed by atoms with Gasteiger partial charge in [-0.05, 0) is 25.5 Å². The van der Waals surface area contributed by atoms with Gasteiger partial charge in [0.15, 0.2) is 0 Å². The smallest absolute Gasteiger partial charge is 0.303 e. The van der Waals surface area contributed by atoms with E-state index in [0.29, 0.717) is 6.42 Å². The molecule has 0 saturated carbocycles. The van der Waals surface area contributed by atoms with Gasteiger partial charge in [0.1, 0.15) is 10.7 Å². The van der Waals surface area contributed by atoms with Gasteiger partial charge in [-0.2, -0.15) is 8.75 Å². The van der Waals surface area contributed by atoms with Crippen LogP contribution in [0.2, 0.25) is 0 Å². The molecular formula is C12H17N3O2S2. The summed E-state index contributed by atoms with van der Waals surface area (Å²) in [6, 6.07) is 0. The number of rotatable bonds is 6. The fourth-order valence-corrected chi connectivity index (χ4v) is 3.58. The Morgan fingerprint density at radius 3 is 3.16 bits per heavy atom. The molecule has 2 heterocycles. The maximum absolute atomic E-state index is 10.5. The lowest BCUT2D eigenvalue weighted by molar-refractivity contribution is -0.137. The third-order valence-corrected chi connectivity index (χ3v) is 4.57. The molecule has 1 N–H and O–H groups in total. The van der Waals surface area contributed by atoms with Crippen LogP contribution in [0.3, 0.4) is 0 Å². The van der Waals surface area contributed by atoms with E-state index < -0.39 is 5.97 Å². The first kappa shape index (κ1) is 14.5. The van der Waals surface area contributed by atoms with E-state index >= 15 is 0 Å². The molecule has 0 atom stereocenters. The number of carboxylic acids is 1. The van der Waals surface area contributed by atoms with E-state index in [9.17, 15) is 4.79 Å². The molecule has 0 radical (unpaired) electrons. The lowest BCUT2D eigenvalue weighted by Crippen LogP contribution is -2.25. The molecule has 0 saturated heterocycles. The summed E-state index contributed by atoms with van der Waals surface area (Å²) in [5.41, 5.74) is 2.22. The molecule has 0 aromatic carbocycles. The number of nitrogens with zero attached hydrogens (tertiary/aromatic N) is 3. The molecular weight excluding hydrogens is 282 g/mol. The summed E-state index contributed by atoms with van der Waals surface area (Å²) < 4.78 is 8.71. The van der Waals surface area contributed by atoms with E-state index in [0.717, 1.165) is 36.0 Å². The second kappa shape index (κ2) is 7.02. The number of carbonyl (C=O) groups is 1. The van der Waals surface area contributed by atoms with E-state index in [1.165, 1.54) is 17.3 Å². The van der Waals surface area contributed by atoms with Crippen LogP contribution in [-0.2, 0) is 4.79 Å². The average Bonchev–Trinajstić information content (AvgIpc) is 2.83. The number of hydrogen-bond donors (Lipinski definition) is 1. The number of aromatic nitrogens is 2. The lowest BCUT2D eigenvalue weighted by Gasteiger charge is -2.22. The van der Waals surface area contributed by atoms with Crippen LogP contribution in [0, 0.1) is 0 Å². The Bertz CT molecular complexity index is 473. The molecule has 0 aliphatic carbocycles. The van der Waals surface area contributed by atoms with Gasteiger partial charge in [-0.25, -0.2) is 0 Å². The van der Waals surface area contributed by atoms with Crippen molar-refractivity contribution in [3.63, 3.8) is 0 Å². The van der Waals surface area contributed by atoms with Gasteiger partial charge in [0, 0.05) is 25.3 Å². The fourth-order valence-electron chi connectivity index (χ4n) is 1.93. The molecule has 19 heavy (non-hydrogen) atoms. The van der Waals surface area contributed by atoms with Gasteiger partial charge in [-0.15, -0.1) is 11.8 Å². The Balaban J connectivity index is 1.94. The molecule has 1 aliphatic rings. The maximum Gasteiger partial charge on any atom is 0.303 e. The highest BCUT2D eigenvalue weighted by molar-refractivity contribution is 7.99. The summed E-state index contributed by atoms with van der Waals surface area (Å²) >= 11 is 2.83. The molecule has 1 aromatic rings. The van der Waals surface area contributed by atoms with E-state index in [1.54, 1.807) is 11.8 Å². The summed E-state index contributed by atoms with van der Waals surface area (Å²) in [5, 5.41) is 9.55. The van der Waals surface area contributed by atoms with Crippen LogP contribution in [-0.4, -0.2) is 50.6 Å². The third-order valence-electron chi connectivity index (χ3n) is 2.88. The Kier molecular flexibility index (Phi) is 5.35. The highest BCUT2D eigenvalue weighted by Gasteiger charge is 2.17. The first-order valence-electron chi connectivity index (χ1n) is 6.22. The van der Waals surface area contributed by atoms with Crippen molar-refractivity contribution >= 4 is 35.0 Å². The minimum Gasteiger partial charge on any atom is -0.481 e. The van der Waals surface area contributed by atoms with Crippen molar-refractivity contribution in [1.29, 1.82) is 0 Å². The minimum absolute atomic E-state index is 0.214. The topological polar surface area (TPSA) is 66.3 Å². The molecule has 0 spiro atoms. The van der Waals surface area contributed by atoms with Crippen molar-refractivity contribution in [2.75, 3.05) is 25.9 Å². The normalized spacial score (nSPS) is 16.4. The lowest BCUT2D eigenvalue weighted by atomic mass is 10.1. The quantitative estimate of drug-likeness (QED) is 0.642. The Labute approximate surface area is 121 Å². The van der Waals surface area contributed by atoms with Crippen LogP contribution in [0.4, 0.5) is 0 Å². The van der Waals surface area contributed by atoms with Gasteiger partial charge in [-0.1, -0.05) is 6.08 Å². The number of carboxylic acid groups (broad SMARTS) is 1. The van der Waals surface area contributed by atoms with Crippen LogP contribution in [0.25, 0.3) is 5.57 Å². The summed E-state index contributed by atoms with van der Waals surface area (Å²) in [4.78, 5) is 12.7. The van der Waals surface area contributed by atoms with Gasteiger partial charge in [0.05, 0.1) is 11.7 Å². The SMILES string of the molecule is CN1CCC=C(c2nsnc2SCCCC(=O)O)C1. The van der Waals surface area contributed by atoms with Gasteiger partial charge < -0.3 is 10.0 Å². The minimum atomic E-state index is -0.742. The Morgan fingerprint density at radius 2 is 2.42 bits per heavy atom. The van der Waals surface area contributed by atoms with E-state index in [1.807, 2.05) is 0 Å². The average molecular weight is 299 g/mol. The second-order valence-electron chi connectivity index (χ2n) is 4.52. The molecule has 0 amide bonds. The number of hydrogen-bond acceptors (Lipinski definition) is 6. The molecule has 0 bridgehead atoms. The van der Waals surface area contributed by atoms with Crippen molar-refractivity contribution in [3.8, 4) is 0 Å². The van der Waals surface area contributed by atoms with Crippen molar-refractivity contribution in [2.24, 2.45) is 0 Å². The van der Waals surface area contributed by atoms with Gasteiger partial charge in [0.25, 0.3) is 0 Å². The third kappa shape index (κ3) is 4.29. The zero-order valence-corrected chi connectivity index (χ0v) is 12.5. The maximum atomic E-state index is 10.5. The van der Waals surface area contributed by atoms with Crippen molar-refractivity contribution < 1.29 is 9.90 Å². The predicted octanol–water partition coefficient (Wildman–Crippen LogP) is 2.21. The molecule has 2 rings (SSSR count). The molecule has 5 nitrogen and oxygen atoms in total. The van der Waals surface area contributed by atoms with Crippen LogP contribution < -0.4 is 0 Å². The van der Waals surface area contributed by atoms with Gasteiger partial charge in [-0.3, -0.25) is 4.79 Å². The van der Waals surface area contributed by atoms with Crippen LogP contribution in [0.1, 0.15) is 25.0 Å². The Morgan fingerprint density at radius 1 is 1.58 bits per heavy atom. The van der Waals surface area contributed by atoms with Gasteiger partial charge >= 0.3 is 5.97 Å². The second-order valence-corrected chi connectivity index (χ2v) is 6.13. The van der Waals surface area contributed by atoms with Crippen molar-refractivity contribution in [2.45, 2.75) is 24.3 Å². The Hall–Kier alpha value is -0.920. The monoisotopic (exact) mass is 299 g/mol. The van der Waals surface area contributed by atoms with E-state index in [2.05, 4.69) is 26.8 Å². The predicted molar refractivity (Wildman–Crippen MR) is 77.6 cm³/mol. The molecule has 0 unspecified atom stereocenters. The van der Waals surface area contributed by atoms with Crippen molar-refractivity contribution in [3.05, 3.63) is 11.8 Å². The first-order chi connectivity index (χ1) is 9.16. The number of thioether (sulfide) groups is 1. The van der Waals surface area contributed by atoms with Crippen LogP contribution in [0.5, 0.6) is 0 Å². The first-order valence-corrected chi connectivity index (χ1v) is 7.93. The van der Waals surface area contributed by atoms with Crippen molar-refractivity contribution in [1.82, 2.24) is 13.6 Å². The summed E-state index contributed by atoms with van der Waals surface area (Å²) in [7, 11) is 2.10. The van der Waals surface area contributed by atoms with Crippen LogP contribution >= 0.6 is 23.5 Å². The number of likely N-dealkylation sites (N-methyl/N-ethyl adjacent to an activating group) is 1. The molecule has 0 fully saturated rings. The zero-order chi connectivity index (χ0) is 13.7. The standard InChI is InChI=1S/C12H17N3O2S2/c1-15-6-2-4-9(8-15)11-12(14-19-13-11)18-7-3-5-10(16)17/h4H,2-3,5-8H2,1H3,(H,16,17). The van der Waals surface area contributed by atoms with E-state index in [-0.39, 0.29) is 6.42 Å². The summed E-state index contributed by atoms with van der Waals surface area (Å²) in [6.45, 7) is 2.00. The van der Waals surface area contributed by atoms with E-state index in [4.69, 9.17) is 5.11 Å². The molecule has 1 aromatic heterocycles. The number of aliphatic carboxylic acids is 1. The molecule has 104 valence electrons. The summed E-state index contributed by atoms with van der Waals surface area (Å²) in [5.74, 6) is 0.0298. The molecule has 1 aliphatic heterocycles. The molecule has 7 heteroatoms. The largest absolute Gasteiger partial charge is 0.481 e. The summed E-state index contributed by atoms with van der Waals surface area (Å²) in [6.07, 6.45) is 4.16. The highest BCUT2D eigenvalue weighted by atomic mass is 32.2. The van der Waals surface area contributed by atoms with Gasteiger partial charge in [0.2, 0.25) is 0 Å². The van der Waals surface area contributed by atoms with Crippen LogP contribution in [0.15, 0.2) is 11.1 Å². The fraction of sp³-hybridized carbons (Fsp3) is 0.583.